The standard InChI is InChI=1S/C26H27NO6S2/c1-35-22-13-9-19(10-14-22)27-26(30)33-25(18-7-11-20(28)12-8-18)23(15-16-31-24(29)17-34)32-21-5-3-2-4-6-21/h2-14,23,25,28,34H,15-17H2,1H3,(H,27,30)/t23-,25-/m0/s1. The number of nitrogens with one attached hydrogen (secondary N) is 1. The Labute approximate surface area is 214 Å². The number of amides is 1. The molecular weight excluding hydrogens is 486 g/mol. The molecule has 2 atom stereocenters. The monoisotopic (exact) mass is 513 g/mol. The summed E-state index contributed by atoms with van der Waals surface area (Å²) in [4.78, 5) is 25.5. The van der Waals surface area contributed by atoms with E-state index in [4.69, 9.17) is 14.2 Å². The summed E-state index contributed by atoms with van der Waals surface area (Å²) >= 11 is 5.52. The zero-order valence-corrected chi connectivity index (χ0v) is 20.8. The highest BCUT2D eigenvalue weighted by Crippen LogP contribution is 2.30. The lowest BCUT2D eigenvalue weighted by atomic mass is 10.0. The van der Waals surface area contributed by atoms with Crippen LogP contribution in [0, 0.1) is 0 Å². The van der Waals surface area contributed by atoms with E-state index in [-0.39, 0.29) is 24.5 Å². The quantitative estimate of drug-likeness (QED) is 0.172. The van der Waals surface area contributed by atoms with E-state index >= 15 is 0 Å². The van der Waals surface area contributed by atoms with E-state index in [1.54, 1.807) is 48.2 Å². The number of aromatic hydroxyl groups is 1. The summed E-state index contributed by atoms with van der Waals surface area (Å²) in [5.41, 5.74) is 1.19. The van der Waals surface area contributed by atoms with Gasteiger partial charge in [-0.05, 0) is 60.4 Å². The molecule has 2 N–H and O–H groups in total. The van der Waals surface area contributed by atoms with E-state index in [9.17, 15) is 14.7 Å². The van der Waals surface area contributed by atoms with Crippen molar-refractivity contribution in [1.82, 2.24) is 0 Å². The summed E-state index contributed by atoms with van der Waals surface area (Å²) in [6.07, 6.45) is -0.0149. The van der Waals surface area contributed by atoms with Gasteiger partial charge in [0.25, 0.3) is 0 Å². The van der Waals surface area contributed by atoms with Crippen LogP contribution < -0.4 is 10.1 Å². The number of ether oxygens (including phenoxy) is 3. The molecule has 0 aliphatic heterocycles. The van der Waals surface area contributed by atoms with Crippen LogP contribution >= 0.6 is 24.4 Å². The van der Waals surface area contributed by atoms with Gasteiger partial charge in [0.1, 0.15) is 17.6 Å². The maximum absolute atomic E-state index is 12.9. The molecule has 0 fully saturated rings. The third kappa shape index (κ3) is 8.45. The van der Waals surface area contributed by atoms with Crippen LogP contribution in [0.2, 0.25) is 0 Å². The second kappa shape index (κ2) is 13.6. The van der Waals surface area contributed by atoms with Crippen molar-refractivity contribution in [2.75, 3.05) is 23.9 Å². The molecule has 0 saturated carbocycles. The third-order valence-corrected chi connectivity index (χ3v) is 5.96. The lowest BCUT2D eigenvalue weighted by Crippen LogP contribution is -2.32. The number of carbonyl (C=O) groups is 2. The second-order valence-electron chi connectivity index (χ2n) is 7.41. The summed E-state index contributed by atoms with van der Waals surface area (Å²) in [5.74, 6) is 0.146. The van der Waals surface area contributed by atoms with Gasteiger partial charge in [-0.3, -0.25) is 10.1 Å². The van der Waals surface area contributed by atoms with Crippen LogP contribution in [0.3, 0.4) is 0 Å². The Morgan fingerprint density at radius 1 is 1.00 bits per heavy atom. The van der Waals surface area contributed by atoms with E-state index in [0.29, 0.717) is 17.0 Å². The fraction of sp³-hybridized carbons (Fsp3) is 0.231. The number of esters is 1. The number of hydrogen-bond acceptors (Lipinski definition) is 8. The van der Waals surface area contributed by atoms with Gasteiger partial charge < -0.3 is 19.3 Å². The number of anilines is 1. The zero-order chi connectivity index (χ0) is 25.0. The highest BCUT2D eigenvalue weighted by molar-refractivity contribution is 7.98. The Kier molecular flexibility index (Phi) is 10.2. The van der Waals surface area contributed by atoms with Crippen LogP contribution in [0.4, 0.5) is 10.5 Å². The molecule has 0 saturated heterocycles. The molecule has 0 aliphatic carbocycles. The summed E-state index contributed by atoms with van der Waals surface area (Å²) < 4.78 is 17.2. The molecule has 0 aliphatic rings. The van der Waals surface area contributed by atoms with Crippen LogP contribution in [-0.2, 0) is 14.3 Å². The molecule has 0 radical (unpaired) electrons. The van der Waals surface area contributed by atoms with Crippen LogP contribution in [-0.4, -0.2) is 41.9 Å². The Balaban J connectivity index is 1.83. The molecule has 3 aromatic rings. The van der Waals surface area contributed by atoms with Gasteiger partial charge in [0.15, 0.2) is 6.10 Å². The molecule has 0 unspecified atom stereocenters. The van der Waals surface area contributed by atoms with Crippen molar-refractivity contribution in [3.8, 4) is 11.5 Å². The van der Waals surface area contributed by atoms with Crippen LogP contribution in [0.1, 0.15) is 18.1 Å². The minimum Gasteiger partial charge on any atom is -0.508 e. The van der Waals surface area contributed by atoms with E-state index in [0.717, 1.165) is 4.90 Å². The predicted octanol–water partition coefficient (Wildman–Crippen LogP) is 5.71. The van der Waals surface area contributed by atoms with Gasteiger partial charge in [0, 0.05) is 17.0 Å². The molecule has 3 rings (SSSR count). The largest absolute Gasteiger partial charge is 0.508 e. The molecule has 0 spiro atoms. The average molecular weight is 514 g/mol. The van der Waals surface area contributed by atoms with Crippen molar-refractivity contribution in [2.45, 2.75) is 23.5 Å². The van der Waals surface area contributed by atoms with Crippen LogP contribution in [0.5, 0.6) is 11.5 Å². The highest BCUT2D eigenvalue weighted by Gasteiger charge is 2.30. The normalized spacial score (nSPS) is 12.3. The van der Waals surface area contributed by atoms with Gasteiger partial charge >= 0.3 is 12.1 Å². The molecule has 0 bridgehead atoms. The number of hydrogen-bond donors (Lipinski definition) is 3. The van der Waals surface area contributed by atoms with Gasteiger partial charge in [-0.25, -0.2) is 4.79 Å². The van der Waals surface area contributed by atoms with Gasteiger partial charge in [-0.1, -0.05) is 30.3 Å². The van der Waals surface area contributed by atoms with Crippen LogP contribution in [0.25, 0.3) is 0 Å². The highest BCUT2D eigenvalue weighted by atomic mass is 32.2. The molecular formula is C26H27NO6S2. The lowest BCUT2D eigenvalue weighted by Gasteiger charge is -2.28. The first-order valence-electron chi connectivity index (χ1n) is 10.9. The molecule has 9 heteroatoms. The van der Waals surface area contributed by atoms with Crippen molar-refractivity contribution >= 4 is 42.1 Å². The number of para-hydroxylation sites is 1. The minimum absolute atomic E-state index is 0.0418. The average Bonchev–Trinajstić information content (AvgIpc) is 2.88. The predicted molar refractivity (Wildman–Crippen MR) is 139 cm³/mol. The van der Waals surface area contributed by atoms with E-state index < -0.39 is 24.3 Å². The first-order valence-corrected chi connectivity index (χ1v) is 12.7. The van der Waals surface area contributed by atoms with Crippen molar-refractivity contribution in [3.63, 3.8) is 0 Å². The summed E-state index contributed by atoms with van der Waals surface area (Å²) in [5, 5.41) is 12.5. The summed E-state index contributed by atoms with van der Waals surface area (Å²) in [6.45, 7) is 0.0482. The fourth-order valence-electron chi connectivity index (χ4n) is 3.24. The third-order valence-electron chi connectivity index (χ3n) is 4.95. The van der Waals surface area contributed by atoms with Gasteiger partial charge in [-0.15, -0.1) is 11.8 Å². The maximum atomic E-state index is 12.9. The number of thioether (sulfide) groups is 1. The SMILES string of the molecule is CSc1ccc(NC(=O)O[C@@H](c2ccc(O)cc2)[C@H](CCOC(=O)CS)Oc2ccccc2)cc1. The molecule has 1 amide bonds. The van der Waals surface area contributed by atoms with Crippen molar-refractivity contribution in [1.29, 1.82) is 0 Å². The molecule has 184 valence electrons. The second-order valence-corrected chi connectivity index (χ2v) is 8.60. The van der Waals surface area contributed by atoms with Gasteiger partial charge in [0.05, 0.1) is 12.4 Å². The first-order chi connectivity index (χ1) is 17.0. The van der Waals surface area contributed by atoms with Gasteiger partial charge in [0.2, 0.25) is 0 Å². The number of phenols is 1. The molecule has 0 heterocycles. The van der Waals surface area contributed by atoms with Crippen molar-refractivity contribution in [2.24, 2.45) is 0 Å². The van der Waals surface area contributed by atoms with E-state index in [1.165, 1.54) is 12.1 Å². The molecule has 3 aromatic carbocycles. The molecule has 0 aromatic heterocycles. The lowest BCUT2D eigenvalue weighted by molar-refractivity contribution is -0.141. The number of benzene rings is 3. The molecule has 35 heavy (non-hydrogen) atoms. The smallest absolute Gasteiger partial charge is 0.412 e. The Morgan fingerprint density at radius 3 is 2.31 bits per heavy atom. The fourth-order valence-corrected chi connectivity index (χ4v) is 3.74. The number of rotatable bonds is 11. The van der Waals surface area contributed by atoms with Crippen LogP contribution in [0.15, 0.2) is 83.8 Å². The summed E-state index contributed by atoms with van der Waals surface area (Å²) in [6, 6.07) is 22.8. The van der Waals surface area contributed by atoms with E-state index in [1.807, 2.05) is 36.6 Å². The number of thiol groups is 1. The first kappa shape index (κ1) is 26.3. The number of phenolic OH excluding ortho intramolecular Hbond substituents is 1. The Hall–Kier alpha value is -3.30. The Morgan fingerprint density at radius 2 is 1.69 bits per heavy atom. The van der Waals surface area contributed by atoms with E-state index in [2.05, 4.69) is 17.9 Å². The Bertz CT molecular complexity index is 1080. The molecule has 7 nitrogen and oxygen atoms in total. The van der Waals surface area contributed by atoms with Crippen molar-refractivity contribution < 1.29 is 28.9 Å². The number of carbonyl (C=O) groups excluding carboxylic acids is 2. The van der Waals surface area contributed by atoms with Gasteiger partial charge in [-0.2, -0.15) is 12.6 Å². The minimum atomic E-state index is -0.865. The maximum Gasteiger partial charge on any atom is 0.412 e. The topological polar surface area (TPSA) is 94.1 Å². The van der Waals surface area contributed by atoms with Crippen molar-refractivity contribution in [3.05, 3.63) is 84.4 Å². The summed E-state index contributed by atoms with van der Waals surface area (Å²) in [7, 11) is 0. The zero-order valence-electron chi connectivity index (χ0n) is 19.1.